The molecule has 0 radical (unpaired) electrons. The van der Waals surface area contributed by atoms with Crippen LogP contribution in [0.5, 0.6) is 0 Å². The van der Waals surface area contributed by atoms with Gasteiger partial charge in [0.25, 0.3) is 6.43 Å². The topological polar surface area (TPSA) is 34.1 Å². The molecule has 20 heavy (non-hydrogen) atoms. The minimum absolute atomic E-state index is 0.0249. The number of ether oxygens (including phenoxy) is 1. The van der Waals surface area contributed by atoms with E-state index in [2.05, 4.69) is 15.0 Å². The van der Waals surface area contributed by atoms with Crippen LogP contribution in [0.2, 0.25) is 0 Å². The molecule has 8 heteroatoms. The van der Waals surface area contributed by atoms with E-state index in [-0.39, 0.29) is 18.6 Å². The molecule has 0 bridgehead atoms. The molecule has 0 fully saturated rings. The molecule has 0 aliphatic rings. The highest BCUT2D eigenvalue weighted by atomic mass is 19.4. The predicted octanol–water partition coefficient (Wildman–Crippen LogP) is 3.03. The van der Waals surface area contributed by atoms with Gasteiger partial charge in [-0.25, -0.2) is 8.78 Å². The molecule has 0 aliphatic carbocycles. The quantitative estimate of drug-likeness (QED) is 0.620. The average molecular weight is 298 g/mol. The molecule has 0 aromatic carbocycles. The van der Waals surface area contributed by atoms with Crippen molar-refractivity contribution in [1.29, 1.82) is 0 Å². The summed E-state index contributed by atoms with van der Waals surface area (Å²) < 4.78 is 67.0. The van der Waals surface area contributed by atoms with E-state index in [1.165, 1.54) is 7.05 Å². The summed E-state index contributed by atoms with van der Waals surface area (Å²) in [5.74, 6) is 0. The summed E-state index contributed by atoms with van der Waals surface area (Å²) >= 11 is 0. The molecular formula is C12H15F5N2O. The zero-order valence-corrected chi connectivity index (χ0v) is 10.8. The first-order chi connectivity index (χ1) is 9.36. The number of aromatic nitrogens is 1. The van der Waals surface area contributed by atoms with Crippen molar-refractivity contribution in [2.45, 2.75) is 25.1 Å². The van der Waals surface area contributed by atoms with Gasteiger partial charge < -0.3 is 10.1 Å². The second-order valence-corrected chi connectivity index (χ2v) is 4.06. The summed E-state index contributed by atoms with van der Waals surface area (Å²) in [4.78, 5) is 3.68. The number of hydrogen-bond acceptors (Lipinski definition) is 3. The number of nitrogens with one attached hydrogen (secondary N) is 1. The van der Waals surface area contributed by atoms with Crippen LogP contribution in [0.4, 0.5) is 22.0 Å². The van der Waals surface area contributed by atoms with Crippen LogP contribution in [-0.4, -0.2) is 31.7 Å². The molecule has 114 valence electrons. The van der Waals surface area contributed by atoms with Gasteiger partial charge in [-0.2, -0.15) is 13.2 Å². The molecule has 1 heterocycles. The summed E-state index contributed by atoms with van der Waals surface area (Å²) in [5.41, 5.74) is -0.816. The molecular weight excluding hydrogens is 283 g/mol. The molecule has 1 atom stereocenters. The summed E-state index contributed by atoms with van der Waals surface area (Å²) in [5, 5.41) is 2.71. The van der Waals surface area contributed by atoms with Gasteiger partial charge in [-0.15, -0.1) is 0 Å². The Labute approximate surface area is 113 Å². The van der Waals surface area contributed by atoms with Crippen molar-refractivity contribution in [3.05, 3.63) is 29.6 Å². The third-order valence-electron chi connectivity index (χ3n) is 2.68. The van der Waals surface area contributed by atoms with Crippen LogP contribution in [0.25, 0.3) is 0 Å². The fourth-order valence-electron chi connectivity index (χ4n) is 1.77. The van der Waals surface area contributed by atoms with Crippen molar-refractivity contribution in [2.24, 2.45) is 0 Å². The maximum absolute atomic E-state index is 12.9. The van der Waals surface area contributed by atoms with E-state index < -0.39 is 30.8 Å². The van der Waals surface area contributed by atoms with Gasteiger partial charge >= 0.3 is 6.18 Å². The first kappa shape index (κ1) is 16.8. The van der Waals surface area contributed by atoms with Crippen LogP contribution in [0, 0.1) is 0 Å². The summed E-state index contributed by atoms with van der Waals surface area (Å²) in [7, 11) is 1.49. The molecule has 1 N–H and O–H groups in total. The zero-order valence-electron chi connectivity index (χ0n) is 10.8. The molecule has 1 aromatic rings. The van der Waals surface area contributed by atoms with E-state index in [4.69, 9.17) is 0 Å². The van der Waals surface area contributed by atoms with Crippen molar-refractivity contribution in [3.8, 4) is 0 Å². The molecule has 0 saturated carbocycles. The van der Waals surface area contributed by atoms with Crippen molar-refractivity contribution in [2.75, 3.05) is 20.3 Å². The van der Waals surface area contributed by atoms with Gasteiger partial charge in [0.2, 0.25) is 0 Å². The van der Waals surface area contributed by atoms with Gasteiger partial charge in [0.15, 0.2) is 0 Å². The Morgan fingerprint density at radius 1 is 1.35 bits per heavy atom. The van der Waals surface area contributed by atoms with Gasteiger partial charge in [0.1, 0.15) is 6.61 Å². The molecule has 3 nitrogen and oxygen atoms in total. The lowest BCUT2D eigenvalue weighted by atomic mass is 10.0. The predicted molar refractivity (Wildman–Crippen MR) is 62.5 cm³/mol. The Kier molecular flexibility index (Phi) is 6.28. The molecule has 1 rings (SSSR count). The van der Waals surface area contributed by atoms with Crippen LogP contribution < -0.4 is 5.32 Å². The van der Waals surface area contributed by atoms with Crippen LogP contribution in [0.1, 0.15) is 23.6 Å². The van der Waals surface area contributed by atoms with Crippen molar-refractivity contribution >= 4 is 0 Å². The summed E-state index contributed by atoms with van der Waals surface area (Å²) in [6, 6.07) is 0.220. The third kappa shape index (κ3) is 5.01. The fourth-order valence-corrected chi connectivity index (χ4v) is 1.77. The van der Waals surface area contributed by atoms with Gasteiger partial charge in [0.05, 0.1) is 5.56 Å². The van der Waals surface area contributed by atoms with E-state index in [1.54, 1.807) is 0 Å². The minimum atomic E-state index is -4.49. The van der Waals surface area contributed by atoms with Crippen molar-refractivity contribution < 1.29 is 26.7 Å². The largest absolute Gasteiger partial charge is 0.416 e. The Hall–Kier alpha value is -1.28. The van der Waals surface area contributed by atoms with E-state index in [0.717, 1.165) is 18.5 Å². The molecule has 1 unspecified atom stereocenters. The number of alkyl halides is 5. The maximum Gasteiger partial charge on any atom is 0.416 e. The fraction of sp³-hybridized carbons (Fsp3) is 0.583. The number of pyridine rings is 1. The smallest absolute Gasteiger partial charge is 0.375 e. The lowest BCUT2D eigenvalue weighted by Crippen LogP contribution is -2.23. The lowest BCUT2D eigenvalue weighted by Gasteiger charge is -2.20. The van der Waals surface area contributed by atoms with E-state index in [1.807, 2.05) is 0 Å². The van der Waals surface area contributed by atoms with E-state index in [9.17, 15) is 22.0 Å². The van der Waals surface area contributed by atoms with Gasteiger partial charge in [-0.1, -0.05) is 0 Å². The van der Waals surface area contributed by atoms with Gasteiger partial charge in [0, 0.05) is 25.0 Å². The number of halogens is 5. The third-order valence-corrected chi connectivity index (χ3v) is 2.68. The van der Waals surface area contributed by atoms with Crippen molar-refractivity contribution in [1.82, 2.24) is 10.3 Å². The number of hydrogen-bond donors (Lipinski definition) is 1. The van der Waals surface area contributed by atoms with Crippen LogP contribution in [0.3, 0.4) is 0 Å². The summed E-state index contributed by atoms with van der Waals surface area (Å²) in [6.07, 6.45) is -4.76. The van der Waals surface area contributed by atoms with Crippen molar-refractivity contribution in [3.63, 3.8) is 0 Å². The van der Waals surface area contributed by atoms with Gasteiger partial charge in [-0.3, -0.25) is 4.98 Å². The highest BCUT2D eigenvalue weighted by Crippen LogP contribution is 2.34. The van der Waals surface area contributed by atoms with Crippen LogP contribution >= 0.6 is 0 Å². The first-order valence-corrected chi connectivity index (χ1v) is 5.90. The normalized spacial score (nSPS) is 13.8. The Morgan fingerprint density at radius 2 is 2.05 bits per heavy atom. The number of nitrogens with zero attached hydrogens (tertiary/aromatic N) is 1. The molecule has 0 spiro atoms. The standard InChI is InChI=1S/C12H15F5N2O/c1-18-10(3-5-20-7-11(13)14)8-6-19-4-2-9(8)12(15,16)17/h2,4,6,10-11,18H,3,5,7H2,1H3. The second-order valence-electron chi connectivity index (χ2n) is 4.06. The molecule has 0 amide bonds. The second kappa shape index (κ2) is 7.49. The van der Waals surface area contributed by atoms with E-state index >= 15 is 0 Å². The average Bonchev–Trinajstić information content (AvgIpc) is 2.37. The van der Waals surface area contributed by atoms with Gasteiger partial charge in [-0.05, 0) is 25.1 Å². The highest BCUT2D eigenvalue weighted by Gasteiger charge is 2.34. The number of rotatable bonds is 7. The molecule has 0 aliphatic heterocycles. The van der Waals surface area contributed by atoms with Crippen LogP contribution in [0.15, 0.2) is 18.5 Å². The SMILES string of the molecule is CNC(CCOCC(F)F)c1cnccc1C(F)(F)F. The Balaban J connectivity index is 2.75. The summed E-state index contributed by atoms with van der Waals surface area (Å²) in [6.45, 7) is -0.794. The monoisotopic (exact) mass is 298 g/mol. The van der Waals surface area contributed by atoms with Crippen LogP contribution in [-0.2, 0) is 10.9 Å². The van der Waals surface area contributed by atoms with E-state index in [0.29, 0.717) is 0 Å². The first-order valence-electron chi connectivity index (χ1n) is 5.90. The lowest BCUT2D eigenvalue weighted by molar-refractivity contribution is -0.138. The maximum atomic E-state index is 12.9. The Morgan fingerprint density at radius 3 is 2.60 bits per heavy atom. The minimum Gasteiger partial charge on any atom is -0.375 e. The zero-order chi connectivity index (χ0) is 15.2. The molecule has 0 saturated heterocycles. The highest BCUT2D eigenvalue weighted by molar-refractivity contribution is 5.29. The Bertz CT molecular complexity index is 411. The molecule has 1 aromatic heterocycles.